The summed E-state index contributed by atoms with van der Waals surface area (Å²) in [6.45, 7) is 10.1. The van der Waals surface area contributed by atoms with Crippen molar-refractivity contribution in [2.75, 3.05) is 6.61 Å². The fraction of sp³-hybridized carbons (Fsp3) is 1.00. The summed E-state index contributed by atoms with van der Waals surface area (Å²) in [5.41, 5.74) is 0.342. The summed E-state index contributed by atoms with van der Waals surface area (Å²) in [6.07, 6.45) is 11.5. The molecule has 0 aromatic heterocycles. The predicted octanol–water partition coefficient (Wildman–Crippen LogP) is 4.53. The molecule has 2 nitrogen and oxygen atoms in total. The van der Waals surface area contributed by atoms with Crippen molar-refractivity contribution in [3.05, 3.63) is 0 Å². The Bertz CT molecular complexity index is 285. The van der Waals surface area contributed by atoms with Crippen LogP contribution in [0.2, 0.25) is 0 Å². The van der Waals surface area contributed by atoms with E-state index in [2.05, 4.69) is 33.0 Å². The normalized spacial score (nSPS) is 37.2. The first-order valence-electron chi connectivity index (χ1n) is 8.99. The minimum absolute atomic E-state index is 0.342. The number of hydrogen-bond acceptors (Lipinski definition) is 2. The van der Waals surface area contributed by atoms with E-state index in [0.717, 1.165) is 12.5 Å². The van der Waals surface area contributed by atoms with Crippen molar-refractivity contribution in [3.63, 3.8) is 0 Å². The fourth-order valence-electron chi connectivity index (χ4n) is 4.27. The van der Waals surface area contributed by atoms with E-state index in [9.17, 15) is 0 Å². The van der Waals surface area contributed by atoms with Crippen molar-refractivity contribution in [2.24, 2.45) is 11.3 Å². The predicted molar refractivity (Wildman–Crippen MR) is 86.0 cm³/mol. The van der Waals surface area contributed by atoms with Crippen LogP contribution in [0.25, 0.3) is 0 Å². The van der Waals surface area contributed by atoms with Crippen LogP contribution in [-0.2, 0) is 4.74 Å². The van der Waals surface area contributed by atoms with E-state index in [0.29, 0.717) is 23.6 Å². The molecule has 20 heavy (non-hydrogen) atoms. The zero-order chi connectivity index (χ0) is 14.6. The smallest absolute Gasteiger partial charge is 0.0658 e. The van der Waals surface area contributed by atoms with E-state index in [1.165, 1.54) is 51.4 Å². The molecule has 0 aliphatic heterocycles. The molecule has 0 spiro atoms. The highest BCUT2D eigenvalue weighted by atomic mass is 16.5. The molecule has 0 aromatic rings. The van der Waals surface area contributed by atoms with Gasteiger partial charge in [0, 0.05) is 24.1 Å². The molecular formula is C18H35NO. The molecule has 4 atom stereocenters. The molecule has 0 bridgehead atoms. The molecule has 2 saturated carbocycles. The first-order valence-corrected chi connectivity index (χ1v) is 8.99. The quantitative estimate of drug-likeness (QED) is 0.722. The molecule has 2 fully saturated rings. The van der Waals surface area contributed by atoms with Crippen LogP contribution < -0.4 is 5.32 Å². The van der Waals surface area contributed by atoms with Gasteiger partial charge in [-0.2, -0.15) is 0 Å². The molecule has 0 radical (unpaired) electrons. The average molecular weight is 281 g/mol. The Morgan fingerprint density at radius 3 is 2.35 bits per heavy atom. The van der Waals surface area contributed by atoms with Crippen molar-refractivity contribution < 1.29 is 4.74 Å². The van der Waals surface area contributed by atoms with E-state index in [1.807, 2.05) is 0 Å². The number of ether oxygens (including phenoxy) is 1. The van der Waals surface area contributed by atoms with Crippen molar-refractivity contribution in [1.82, 2.24) is 5.32 Å². The second kappa shape index (κ2) is 7.26. The molecule has 3 unspecified atom stereocenters. The summed E-state index contributed by atoms with van der Waals surface area (Å²) >= 11 is 0. The van der Waals surface area contributed by atoms with E-state index in [1.54, 1.807) is 0 Å². The molecule has 1 N–H and O–H groups in total. The molecule has 0 amide bonds. The Labute approximate surface area is 126 Å². The molecule has 2 rings (SSSR count). The van der Waals surface area contributed by atoms with Crippen molar-refractivity contribution in [3.8, 4) is 0 Å². The maximum atomic E-state index is 5.92. The summed E-state index contributed by atoms with van der Waals surface area (Å²) in [6, 6.07) is 1.33. The van der Waals surface area contributed by atoms with Gasteiger partial charge in [0.05, 0.1) is 6.10 Å². The zero-order valence-corrected chi connectivity index (χ0v) is 14.1. The molecule has 0 heterocycles. The highest BCUT2D eigenvalue weighted by Crippen LogP contribution is 2.46. The lowest BCUT2D eigenvalue weighted by atomic mass is 9.61. The molecule has 0 saturated heterocycles. The monoisotopic (exact) mass is 281 g/mol. The summed E-state index contributed by atoms with van der Waals surface area (Å²) in [7, 11) is 0. The van der Waals surface area contributed by atoms with Gasteiger partial charge in [-0.05, 0) is 45.4 Å². The van der Waals surface area contributed by atoms with Crippen LogP contribution in [0.4, 0.5) is 0 Å². The van der Waals surface area contributed by atoms with Gasteiger partial charge in [-0.15, -0.1) is 0 Å². The van der Waals surface area contributed by atoms with Gasteiger partial charge >= 0.3 is 0 Å². The zero-order valence-electron chi connectivity index (χ0n) is 14.1. The largest absolute Gasteiger partial charge is 0.378 e. The number of nitrogens with one attached hydrogen (secondary N) is 1. The summed E-state index contributed by atoms with van der Waals surface area (Å²) in [4.78, 5) is 0. The Morgan fingerprint density at radius 2 is 1.80 bits per heavy atom. The van der Waals surface area contributed by atoms with E-state index >= 15 is 0 Å². The maximum absolute atomic E-state index is 5.92. The SMILES string of the molecule is CCOC1CC(N[C@H](C)C2CCCCCC2)C1(C)CC. The van der Waals surface area contributed by atoms with E-state index in [-0.39, 0.29) is 0 Å². The molecule has 2 heteroatoms. The van der Waals surface area contributed by atoms with Gasteiger partial charge < -0.3 is 10.1 Å². The van der Waals surface area contributed by atoms with Crippen molar-refractivity contribution in [1.29, 1.82) is 0 Å². The van der Waals surface area contributed by atoms with Crippen LogP contribution in [0.1, 0.15) is 79.1 Å². The van der Waals surface area contributed by atoms with Crippen LogP contribution in [0.5, 0.6) is 0 Å². The highest BCUT2D eigenvalue weighted by Gasteiger charge is 2.51. The Kier molecular flexibility index (Phi) is 5.92. The van der Waals surface area contributed by atoms with Crippen LogP contribution in [0, 0.1) is 11.3 Å². The van der Waals surface area contributed by atoms with Gasteiger partial charge in [-0.3, -0.25) is 0 Å². The molecule has 0 aromatic carbocycles. The topological polar surface area (TPSA) is 21.3 Å². The van der Waals surface area contributed by atoms with Gasteiger partial charge in [-0.25, -0.2) is 0 Å². The third-order valence-electron chi connectivity index (χ3n) is 6.18. The van der Waals surface area contributed by atoms with Crippen LogP contribution in [0.3, 0.4) is 0 Å². The van der Waals surface area contributed by atoms with Crippen LogP contribution >= 0.6 is 0 Å². The highest BCUT2D eigenvalue weighted by molar-refractivity contribution is 5.05. The second-order valence-corrected chi connectivity index (χ2v) is 7.30. The van der Waals surface area contributed by atoms with Crippen LogP contribution in [-0.4, -0.2) is 24.8 Å². The maximum Gasteiger partial charge on any atom is 0.0658 e. The van der Waals surface area contributed by atoms with Crippen LogP contribution in [0.15, 0.2) is 0 Å². The van der Waals surface area contributed by atoms with Gasteiger partial charge in [0.2, 0.25) is 0 Å². The molecule has 2 aliphatic carbocycles. The Hall–Kier alpha value is -0.0800. The average Bonchev–Trinajstić information content (AvgIpc) is 2.74. The Balaban J connectivity index is 1.86. The first-order chi connectivity index (χ1) is 9.61. The lowest BCUT2D eigenvalue weighted by molar-refractivity contribution is -0.129. The minimum Gasteiger partial charge on any atom is -0.378 e. The van der Waals surface area contributed by atoms with Crippen molar-refractivity contribution in [2.45, 2.75) is 97.2 Å². The van der Waals surface area contributed by atoms with Gasteiger partial charge in [0.1, 0.15) is 0 Å². The summed E-state index contributed by atoms with van der Waals surface area (Å²) < 4.78 is 5.92. The molecule has 2 aliphatic rings. The first kappa shape index (κ1) is 16.3. The molecule has 118 valence electrons. The number of hydrogen-bond donors (Lipinski definition) is 1. The van der Waals surface area contributed by atoms with E-state index in [4.69, 9.17) is 4.74 Å². The Morgan fingerprint density at radius 1 is 1.15 bits per heavy atom. The van der Waals surface area contributed by atoms with Crippen molar-refractivity contribution >= 4 is 0 Å². The fourth-order valence-corrected chi connectivity index (χ4v) is 4.27. The number of rotatable bonds is 6. The van der Waals surface area contributed by atoms with E-state index < -0.39 is 0 Å². The summed E-state index contributed by atoms with van der Waals surface area (Å²) in [5, 5.41) is 3.96. The molecular weight excluding hydrogens is 246 g/mol. The lowest BCUT2D eigenvalue weighted by Gasteiger charge is -2.55. The van der Waals surface area contributed by atoms with Gasteiger partial charge in [-0.1, -0.05) is 39.5 Å². The van der Waals surface area contributed by atoms with Gasteiger partial charge in [0.25, 0.3) is 0 Å². The standard InChI is InChI=1S/C18H35NO/c1-5-18(4)16(13-17(18)20-6-2)19-14(3)15-11-9-7-8-10-12-15/h14-17,19H,5-13H2,1-4H3/t14-,16?,17?,18?/m1/s1. The third-order valence-corrected chi connectivity index (χ3v) is 6.18. The third kappa shape index (κ3) is 3.39. The van der Waals surface area contributed by atoms with Gasteiger partial charge in [0.15, 0.2) is 0 Å². The minimum atomic E-state index is 0.342. The lowest BCUT2D eigenvalue weighted by Crippen LogP contribution is -2.64. The summed E-state index contributed by atoms with van der Waals surface area (Å²) in [5.74, 6) is 0.893. The second-order valence-electron chi connectivity index (χ2n) is 7.30.